The fourth-order valence-corrected chi connectivity index (χ4v) is 2.44. The van der Waals surface area contributed by atoms with E-state index in [0.29, 0.717) is 17.2 Å². The van der Waals surface area contributed by atoms with E-state index < -0.39 is 5.91 Å². The first-order valence-corrected chi connectivity index (χ1v) is 6.38. The number of amides is 1. The van der Waals surface area contributed by atoms with E-state index in [1.807, 2.05) is 11.4 Å². The van der Waals surface area contributed by atoms with Gasteiger partial charge in [-0.3, -0.25) is 4.79 Å². The van der Waals surface area contributed by atoms with Gasteiger partial charge in [-0.15, -0.1) is 11.3 Å². The number of hydrogen-bond acceptors (Lipinski definition) is 5. The van der Waals surface area contributed by atoms with Crippen LogP contribution in [-0.4, -0.2) is 15.9 Å². The van der Waals surface area contributed by atoms with Crippen molar-refractivity contribution in [3.63, 3.8) is 0 Å². The average molecular weight is 271 g/mol. The van der Waals surface area contributed by atoms with Gasteiger partial charge in [-0.05, 0) is 23.6 Å². The number of benzene rings is 1. The lowest BCUT2D eigenvalue weighted by atomic mass is 10.2. The molecule has 1 amide bonds. The van der Waals surface area contributed by atoms with Gasteiger partial charge in [0, 0.05) is 0 Å². The fraction of sp³-hybridized carbons (Fsp3) is 0. The number of para-hydroxylation sites is 1. The van der Waals surface area contributed by atoms with Crippen molar-refractivity contribution in [3.05, 3.63) is 47.6 Å². The third-order valence-electron chi connectivity index (χ3n) is 2.58. The molecule has 2 aromatic heterocycles. The second-order valence-electron chi connectivity index (χ2n) is 3.78. The van der Waals surface area contributed by atoms with Gasteiger partial charge < -0.3 is 10.5 Å². The predicted molar refractivity (Wildman–Crippen MR) is 72.4 cm³/mol. The van der Waals surface area contributed by atoms with E-state index in [-0.39, 0.29) is 0 Å². The van der Waals surface area contributed by atoms with Crippen LogP contribution in [0.2, 0.25) is 0 Å². The maximum Gasteiger partial charge on any atom is 0.252 e. The molecule has 0 spiro atoms. The predicted octanol–water partition coefficient (Wildman–Crippen LogP) is 2.58. The molecule has 0 aliphatic carbocycles. The Balaban J connectivity index is 2.06. The Morgan fingerprint density at radius 3 is 2.89 bits per heavy atom. The fourth-order valence-electron chi connectivity index (χ4n) is 1.71. The Morgan fingerprint density at radius 1 is 1.21 bits per heavy atom. The lowest BCUT2D eigenvalue weighted by molar-refractivity contribution is 0.0998. The largest absolute Gasteiger partial charge is 0.437 e. The van der Waals surface area contributed by atoms with Crippen molar-refractivity contribution in [2.75, 3.05) is 0 Å². The zero-order valence-electron chi connectivity index (χ0n) is 9.74. The van der Waals surface area contributed by atoms with Gasteiger partial charge in [-0.2, -0.15) is 0 Å². The van der Waals surface area contributed by atoms with Crippen molar-refractivity contribution in [3.8, 4) is 11.6 Å². The molecule has 0 bridgehead atoms. The van der Waals surface area contributed by atoms with Crippen molar-refractivity contribution >= 4 is 27.5 Å². The molecular weight excluding hydrogens is 262 g/mol. The lowest BCUT2D eigenvalue weighted by Gasteiger charge is -2.08. The summed E-state index contributed by atoms with van der Waals surface area (Å²) < 4.78 is 5.70. The summed E-state index contributed by atoms with van der Waals surface area (Å²) in [5.41, 5.74) is 5.63. The third-order valence-corrected chi connectivity index (χ3v) is 3.41. The van der Waals surface area contributed by atoms with E-state index in [1.54, 1.807) is 24.3 Å². The van der Waals surface area contributed by atoms with E-state index in [2.05, 4.69) is 9.97 Å². The Kier molecular flexibility index (Phi) is 2.85. The first-order chi connectivity index (χ1) is 9.25. The van der Waals surface area contributed by atoms with E-state index in [4.69, 9.17) is 10.5 Å². The van der Waals surface area contributed by atoms with Crippen molar-refractivity contribution in [2.24, 2.45) is 5.73 Å². The van der Waals surface area contributed by atoms with E-state index in [0.717, 1.165) is 10.2 Å². The number of nitrogens with zero attached hydrogens (tertiary/aromatic N) is 2. The molecule has 0 unspecified atom stereocenters. The van der Waals surface area contributed by atoms with Crippen LogP contribution in [-0.2, 0) is 0 Å². The van der Waals surface area contributed by atoms with Gasteiger partial charge >= 0.3 is 0 Å². The molecule has 0 atom stereocenters. The maximum atomic E-state index is 11.3. The molecule has 0 radical (unpaired) electrons. The molecule has 3 rings (SSSR count). The summed E-state index contributed by atoms with van der Waals surface area (Å²) >= 11 is 1.50. The number of hydrogen-bond donors (Lipinski definition) is 1. The van der Waals surface area contributed by atoms with Crippen molar-refractivity contribution in [1.82, 2.24) is 9.97 Å². The highest BCUT2D eigenvalue weighted by atomic mass is 32.1. The van der Waals surface area contributed by atoms with Gasteiger partial charge in [0.1, 0.15) is 16.9 Å². The minimum absolute atomic E-state index is 0.324. The monoisotopic (exact) mass is 271 g/mol. The molecule has 0 saturated heterocycles. The number of rotatable bonds is 3. The smallest absolute Gasteiger partial charge is 0.252 e. The van der Waals surface area contributed by atoms with Crippen LogP contribution in [0.4, 0.5) is 0 Å². The summed E-state index contributed by atoms with van der Waals surface area (Å²) in [4.78, 5) is 20.4. The number of aromatic nitrogens is 2. The molecule has 0 aliphatic heterocycles. The molecule has 0 fully saturated rings. The zero-order valence-corrected chi connectivity index (χ0v) is 10.6. The zero-order chi connectivity index (χ0) is 13.2. The standard InChI is InChI=1S/C13H9N3O2S/c14-11(17)8-3-1-2-4-10(8)18-12-9-5-6-19-13(9)16-7-15-12/h1-7H,(H2,14,17). The summed E-state index contributed by atoms with van der Waals surface area (Å²) in [6, 6.07) is 8.67. The first kappa shape index (κ1) is 11.6. The van der Waals surface area contributed by atoms with Gasteiger partial charge in [-0.1, -0.05) is 12.1 Å². The number of carbonyl (C=O) groups excluding carboxylic acids is 1. The Morgan fingerprint density at radius 2 is 2.05 bits per heavy atom. The highest BCUT2D eigenvalue weighted by Gasteiger charge is 2.12. The normalized spacial score (nSPS) is 10.5. The van der Waals surface area contributed by atoms with Crippen LogP contribution >= 0.6 is 11.3 Å². The SMILES string of the molecule is NC(=O)c1ccccc1Oc1ncnc2sccc12. The highest BCUT2D eigenvalue weighted by molar-refractivity contribution is 7.16. The van der Waals surface area contributed by atoms with Crippen LogP contribution in [0.3, 0.4) is 0 Å². The molecule has 3 aromatic rings. The summed E-state index contributed by atoms with van der Waals surface area (Å²) in [5.74, 6) is 0.271. The minimum Gasteiger partial charge on any atom is -0.437 e. The first-order valence-electron chi connectivity index (χ1n) is 5.50. The summed E-state index contributed by atoms with van der Waals surface area (Å²) in [6.45, 7) is 0. The Labute approximate surface area is 112 Å². The lowest BCUT2D eigenvalue weighted by Crippen LogP contribution is -2.12. The minimum atomic E-state index is -0.536. The van der Waals surface area contributed by atoms with Crippen LogP contribution in [0.5, 0.6) is 11.6 Å². The number of primary amides is 1. The van der Waals surface area contributed by atoms with Crippen molar-refractivity contribution in [2.45, 2.75) is 0 Å². The van der Waals surface area contributed by atoms with Gasteiger partial charge in [-0.25, -0.2) is 9.97 Å². The molecule has 0 aliphatic rings. The number of carbonyl (C=O) groups is 1. The summed E-state index contributed by atoms with van der Waals surface area (Å²) in [7, 11) is 0. The van der Waals surface area contributed by atoms with Gasteiger partial charge in [0.05, 0.1) is 10.9 Å². The highest BCUT2D eigenvalue weighted by Crippen LogP contribution is 2.30. The third kappa shape index (κ3) is 2.13. The van der Waals surface area contributed by atoms with Crippen LogP contribution in [0.1, 0.15) is 10.4 Å². The van der Waals surface area contributed by atoms with Gasteiger partial charge in [0.25, 0.3) is 5.91 Å². The second-order valence-corrected chi connectivity index (χ2v) is 4.68. The van der Waals surface area contributed by atoms with E-state index >= 15 is 0 Å². The van der Waals surface area contributed by atoms with Crippen molar-refractivity contribution in [1.29, 1.82) is 0 Å². The van der Waals surface area contributed by atoms with Gasteiger partial charge in [0.2, 0.25) is 5.88 Å². The second kappa shape index (κ2) is 4.66. The topological polar surface area (TPSA) is 78.1 Å². The quantitative estimate of drug-likeness (QED) is 0.794. The molecular formula is C13H9N3O2S. The maximum absolute atomic E-state index is 11.3. The van der Waals surface area contributed by atoms with Crippen LogP contribution in [0, 0.1) is 0 Å². The van der Waals surface area contributed by atoms with Crippen LogP contribution in [0.15, 0.2) is 42.0 Å². The molecule has 6 heteroatoms. The molecule has 2 heterocycles. The Bertz CT molecular complexity index is 754. The summed E-state index contributed by atoms with van der Waals surface area (Å²) in [6.07, 6.45) is 1.43. The number of thiophene rings is 1. The Hall–Kier alpha value is -2.47. The van der Waals surface area contributed by atoms with E-state index in [1.165, 1.54) is 17.7 Å². The molecule has 1 aromatic carbocycles. The molecule has 5 nitrogen and oxygen atoms in total. The van der Waals surface area contributed by atoms with E-state index in [9.17, 15) is 4.79 Å². The molecule has 2 N–H and O–H groups in total. The molecule has 94 valence electrons. The summed E-state index contributed by atoms with van der Waals surface area (Å²) in [5, 5.41) is 2.72. The molecule has 19 heavy (non-hydrogen) atoms. The van der Waals surface area contributed by atoms with Gasteiger partial charge in [0.15, 0.2) is 0 Å². The van der Waals surface area contributed by atoms with Crippen LogP contribution in [0.25, 0.3) is 10.2 Å². The number of fused-ring (bicyclic) bond motifs is 1. The molecule has 0 saturated carbocycles. The van der Waals surface area contributed by atoms with Crippen molar-refractivity contribution < 1.29 is 9.53 Å². The van der Waals surface area contributed by atoms with Crippen LogP contribution < -0.4 is 10.5 Å². The number of nitrogens with two attached hydrogens (primary N) is 1. The number of ether oxygens (including phenoxy) is 1. The average Bonchev–Trinajstić information content (AvgIpc) is 2.88.